The van der Waals surface area contributed by atoms with E-state index < -0.39 is 0 Å². The van der Waals surface area contributed by atoms with Crippen LogP contribution < -0.4 is 10.9 Å². The Morgan fingerprint density at radius 1 is 1.12 bits per heavy atom. The summed E-state index contributed by atoms with van der Waals surface area (Å²) in [5.74, 6) is -0.0414. The second-order valence-electron chi connectivity index (χ2n) is 8.21. The number of rotatable bonds is 6. The van der Waals surface area contributed by atoms with Gasteiger partial charge in [-0.25, -0.2) is 9.78 Å². The zero-order valence-electron chi connectivity index (χ0n) is 19.3. The van der Waals surface area contributed by atoms with E-state index >= 15 is 0 Å². The van der Waals surface area contributed by atoms with Gasteiger partial charge in [0.2, 0.25) is 5.91 Å². The minimum atomic E-state index is -0.327. The van der Waals surface area contributed by atoms with Crippen molar-refractivity contribution in [2.75, 3.05) is 30.8 Å². The molecule has 0 saturated carbocycles. The van der Waals surface area contributed by atoms with Crippen LogP contribution in [-0.2, 0) is 9.53 Å². The van der Waals surface area contributed by atoms with E-state index in [-0.39, 0.29) is 29.4 Å². The molecule has 1 aliphatic heterocycles. The van der Waals surface area contributed by atoms with Gasteiger partial charge in [0.05, 0.1) is 23.3 Å². The summed E-state index contributed by atoms with van der Waals surface area (Å²) in [6, 6.07) is 14.7. The van der Waals surface area contributed by atoms with Gasteiger partial charge in [-0.1, -0.05) is 41.6 Å². The number of carbonyl (C=O) groups excluding carboxylic acids is 2. The molecule has 0 bridgehead atoms. The van der Waals surface area contributed by atoms with Crippen molar-refractivity contribution in [1.29, 1.82) is 0 Å². The molecule has 2 aromatic carbocycles. The Hall–Kier alpha value is -3.33. The smallest absolute Gasteiger partial charge is 0.409 e. The third-order valence-corrected chi connectivity index (χ3v) is 6.75. The van der Waals surface area contributed by atoms with E-state index in [1.807, 2.05) is 43.3 Å². The highest BCUT2D eigenvalue weighted by Crippen LogP contribution is 2.28. The average molecular weight is 481 g/mol. The van der Waals surface area contributed by atoms with E-state index in [9.17, 15) is 14.4 Å². The zero-order valence-corrected chi connectivity index (χ0v) is 20.1. The van der Waals surface area contributed by atoms with E-state index in [1.165, 1.54) is 11.8 Å². The zero-order chi connectivity index (χ0) is 24.1. The molecular weight excluding hydrogens is 452 g/mol. The first kappa shape index (κ1) is 23.8. The van der Waals surface area contributed by atoms with Crippen LogP contribution in [0.1, 0.15) is 31.4 Å². The molecule has 2 heterocycles. The molecule has 0 aliphatic carbocycles. The first-order valence-corrected chi connectivity index (χ1v) is 12.4. The number of thioether (sulfide) groups is 1. The predicted octanol–water partition coefficient (Wildman–Crippen LogP) is 4.23. The van der Waals surface area contributed by atoms with Gasteiger partial charge in [-0.05, 0) is 51.0 Å². The molecule has 34 heavy (non-hydrogen) atoms. The van der Waals surface area contributed by atoms with Crippen molar-refractivity contribution >= 4 is 40.4 Å². The maximum Gasteiger partial charge on any atom is 0.409 e. The summed E-state index contributed by atoms with van der Waals surface area (Å²) in [4.78, 5) is 44.5. The van der Waals surface area contributed by atoms with Crippen LogP contribution in [0.15, 0.2) is 58.5 Å². The van der Waals surface area contributed by atoms with Crippen LogP contribution in [0.5, 0.6) is 0 Å². The highest BCUT2D eigenvalue weighted by molar-refractivity contribution is 7.99. The van der Waals surface area contributed by atoms with Crippen LogP contribution in [0, 0.1) is 6.92 Å². The van der Waals surface area contributed by atoms with Crippen LogP contribution in [0.4, 0.5) is 10.5 Å². The van der Waals surface area contributed by atoms with Gasteiger partial charge >= 0.3 is 6.09 Å². The lowest BCUT2D eigenvalue weighted by Crippen LogP contribution is -2.41. The lowest BCUT2D eigenvalue weighted by molar-refractivity contribution is -0.113. The number of likely N-dealkylation sites (tertiary alicyclic amines) is 1. The molecule has 8 nitrogen and oxygen atoms in total. The van der Waals surface area contributed by atoms with Crippen LogP contribution in [-0.4, -0.2) is 51.9 Å². The minimum Gasteiger partial charge on any atom is -0.450 e. The number of hydrogen-bond donors (Lipinski definition) is 1. The van der Waals surface area contributed by atoms with Crippen LogP contribution in [0.2, 0.25) is 0 Å². The average Bonchev–Trinajstić information content (AvgIpc) is 2.84. The number of benzene rings is 2. The number of amides is 2. The van der Waals surface area contributed by atoms with Gasteiger partial charge in [-0.2, -0.15) is 0 Å². The Morgan fingerprint density at radius 3 is 2.53 bits per heavy atom. The summed E-state index contributed by atoms with van der Waals surface area (Å²) in [5.41, 5.74) is 2.33. The molecule has 3 aromatic rings. The van der Waals surface area contributed by atoms with E-state index in [1.54, 1.807) is 28.5 Å². The standard InChI is InChI=1S/C25H28N4O4S/c1-3-33-25(32)28-14-12-19(13-15-28)29-23(31)20-6-4-5-7-21(20)27-24(29)34-16-22(30)26-18-10-8-17(2)9-11-18/h4-11,19H,3,12-16H2,1-2H3,(H,26,30). The molecule has 1 aliphatic rings. The Balaban J connectivity index is 1.54. The monoisotopic (exact) mass is 480 g/mol. The highest BCUT2D eigenvalue weighted by atomic mass is 32.2. The molecule has 0 unspecified atom stereocenters. The van der Waals surface area contributed by atoms with E-state index in [4.69, 9.17) is 9.72 Å². The Kier molecular flexibility index (Phi) is 7.52. The third-order valence-electron chi connectivity index (χ3n) is 5.80. The molecular formula is C25H28N4O4S. The van der Waals surface area contributed by atoms with E-state index in [0.29, 0.717) is 48.6 Å². The molecule has 9 heteroatoms. The fourth-order valence-corrected chi connectivity index (χ4v) is 4.90. The summed E-state index contributed by atoms with van der Waals surface area (Å²) in [6.07, 6.45) is 0.899. The number of hydrogen-bond acceptors (Lipinski definition) is 6. The van der Waals surface area contributed by atoms with Crippen LogP contribution >= 0.6 is 11.8 Å². The normalized spacial score (nSPS) is 14.2. The number of ether oxygens (including phenoxy) is 1. The number of nitrogens with one attached hydrogen (secondary N) is 1. The van der Waals surface area contributed by atoms with Crippen LogP contribution in [0.25, 0.3) is 10.9 Å². The van der Waals surface area contributed by atoms with Crippen molar-refractivity contribution < 1.29 is 14.3 Å². The largest absolute Gasteiger partial charge is 0.450 e. The lowest BCUT2D eigenvalue weighted by Gasteiger charge is -2.33. The minimum absolute atomic E-state index is 0.113. The quantitative estimate of drug-likeness (QED) is 0.419. The summed E-state index contributed by atoms with van der Waals surface area (Å²) in [5, 5.41) is 3.94. The van der Waals surface area contributed by atoms with Gasteiger partial charge in [0, 0.05) is 24.8 Å². The molecule has 1 saturated heterocycles. The fourth-order valence-electron chi connectivity index (χ4n) is 4.03. The van der Waals surface area contributed by atoms with Gasteiger partial charge in [0.15, 0.2) is 5.16 Å². The van der Waals surface area contributed by atoms with Gasteiger partial charge in [-0.15, -0.1) is 0 Å². The first-order chi connectivity index (χ1) is 16.5. The summed E-state index contributed by atoms with van der Waals surface area (Å²) >= 11 is 1.25. The van der Waals surface area contributed by atoms with Crippen molar-refractivity contribution in [3.8, 4) is 0 Å². The van der Waals surface area contributed by atoms with Gasteiger partial charge in [0.25, 0.3) is 5.56 Å². The SMILES string of the molecule is CCOC(=O)N1CCC(n2c(SCC(=O)Nc3ccc(C)cc3)nc3ccccc3c2=O)CC1. The molecule has 1 fully saturated rings. The first-order valence-electron chi connectivity index (χ1n) is 11.4. The Morgan fingerprint density at radius 2 is 1.82 bits per heavy atom. The second kappa shape index (κ2) is 10.7. The number of aromatic nitrogens is 2. The van der Waals surface area contributed by atoms with Gasteiger partial charge in [-0.3, -0.25) is 14.2 Å². The molecule has 4 rings (SSSR count). The van der Waals surface area contributed by atoms with Crippen LogP contribution in [0.3, 0.4) is 0 Å². The summed E-state index contributed by atoms with van der Waals surface area (Å²) in [7, 11) is 0. The molecule has 178 valence electrons. The van der Waals surface area contributed by atoms with Crippen molar-refractivity contribution in [2.24, 2.45) is 0 Å². The molecule has 1 aromatic heterocycles. The third kappa shape index (κ3) is 5.41. The topological polar surface area (TPSA) is 93.5 Å². The molecule has 0 radical (unpaired) electrons. The lowest BCUT2D eigenvalue weighted by atomic mass is 10.0. The van der Waals surface area contributed by atoms with E-state index in [2.05, 4.69) is 5.32 Å². The summed E-state index contributed by atoms with van der Waals surface area (Å²) < 4.78 is 6.81. The number of nitrogens with zero attached hydrogens (tertiary/aromatic N) is 3. The number of anilines is 1. The number of para-hydroxylation sites is 1. The number of fused-ring (bicyclic) bond motifs is 1. The molecule has 2 amide bonds. The molecule has 1 N–H and O–H groups in total. The van der Waals surface area contributed by atoms with Crippen molar-refractivity contribution in [2.45, 2.75) is 37.9 Å². The highest BCUT2D eigenvalue weighted by Gasteiger charge is 2.27. The summed E-state index contributed by atoms with van der Waals surface area (Å²) in [6.45, 7) is 5.10. The molecule has 0 atom stereocenters. The van der Waals surface area contributed by atoms with Crippen molar-refractivity contribution in [3.05, 3.63) is 64.4 Å². The van der Waals surface area contributed by atoms with Crippen molar-refractivity contribution in [3.63, 3.8) is 0 Å². The number of piperidine rings is 1. The number of carbonyl (C=O) groups is 2. The van der Waals surface area contributed by atoms with Gasteiger partial charge in [0.1, 0.15) is 0 Å². The van der Waals surface area contributed by atoms with Crippen molar-refractivity contribution in [1.82, 2.24) is 14.5 Å². The second-order valence-corrected chi connectivity index (χ2v) is 9.15. The molecule has 0 spiro atoms. The fraction of sp³-hybridized carbons (Fsp3) is 0.360. The predicted molar refractivity (Wildman–Crippen MR) is 133 cm³/mol. The maximum absolute atomic E-state index is 13.4. The number of aryl methyl sites for hydroxylation is 1. The van der Waals surface area contributed by atoms with Gasteiger partial charge < -0.3 is 15.0 Å². The van der Waals surface area contributed by atoms with E-state index in [0.717, 1.165) is 11.3 Å². The Bertz CT molecular complexity index is 1230. The Labute approximate surface area is 202 Å². The maximum atomic E-state index is 13.4.